The first kappa shape index (κ1) is 12.5. The molecule has 0 aromatic heterocycles. The van der Waals surface area contributed by atoms with Crippen LogP contribution in [0.3, 0.4) is 0 Å². The summed E-state index contributed by atoms with van der Waals surface area (Å²) in [5, 5.41) is 0.857. The third-order valence-electron chi connectivity index (χ3n) is 3.34. The van der Waals surface area contributed by atoms with Crippen molar-refractivity contribution in [2.75, 3.05) is 37.6 Å². The molecule has 2 nitrogen and oxygen atoms in total. The minimum absolute atomic E-state index is 0.857. The molecule has 0 radical (unpaired) electrons. The van der Waals surface area contributed by atoms with Gasteiger partial charge in [-0.25, -0.2) is 0 Å². The lowest BCUT2D eigenvalue weighted by atomic mass is 10.1. The Morgan fingerprint density at radius 1 is 1.29 bits per heavy atom. The lowest BCUT2D eigenvalue weighted by molar-refractivity contribution is 0.284. The molecule has 17 heavy (non-hydrogen) atoms. The average Bonchev–Trinajstić information content (AvgIpc) is 2.34. The quantitative estimate of drug-likeness (QED) is 0.761. The molecule has 0 amide bonds. The first-order valence-corrected chi connectivity index (χ1v) is 6.43. The van der Waals surface area contributed by atoms with Crippen molar-refractivity contribution in [2.45, 2.75) is 6.92 Å². The fourth-order valence-corrected chi connectivity index (χ4v) is 2.46. The molecule has 1 aromatic rings. The molecule has 92 valence electrons. The summed E-state index contributed by atoms with van der Waals surface area (Å²) in [6.45, 7) is 11.2. The van der Waals surface area contributed by atoms with E-state index >= 15 is 0 Å². The van der Waals surface area contributed by atoms with E-state index in [-0.39, 0.29) is 0 Å². The van der Waals surface area contributed by atoms with Crippen LogP contribution in [0.5, 0.6) is 0 Å². The molecule has 1 aliphatic rings. The number of hydrogen-bond donors (Lipinski definition) is 0. The Kier molecular flexibility index (Phi) is 4.08. The van der Waals surface area contributed by atoms with Gasteiger partial charge in [0.15, 0.2) is 0 Å². The number of benzene rings is 1. The van der Waals surface area contributed by atoms with Crippen molar-refractivity contribution in [1.29, 1.82) is 0 Å². The Balaban J connectivity index is 2.05. The van der Waals surface area contributed by atoms with E-state index in [1.165, 1.54) is 11.3 Å². The largest absolute Gasteiger partial charge is 0.369 e. The second-order valence-corrected chi connectivity index (χ2v) is 4.87. The van der Waals surface area contributed by atoms with Crippen molar-refractivity contribution in [3.63, 3.8) is 0 Å². The van der Waals surface area contributed by atoms with Crippen LogP contribution in [-0.4, -0.2) is 37.6 Å². The fraction of sp³-hybridized carbons (Fsp3) is 0.429. The molecular weight excluding hydrogens is 232 g/mol. The van der Waals surface area contributed by atoms with Gasteiger partial charge in [0.25, 0.3) is 0 Å². The molecule has 1 saturated heterocycles. The van der Waals surface area contributed by atoms with Crippen LogP contribution >= 0.6 is 11.6 Å². The van der Waals surface area contributed by atoms with E-state index in [2.05, 4.69) is 29.4 Å². The maximum atomic E-state index is 6.16. The minimum Gasteiger partial charge on any atom is -0.369 e. The second kappa shape index (κ2) is 5.56. The molecule has 0 aliphatic carbocycles. The molecule has 0 atom stereocenters. The second-order valence-electron chi connectivity index (χ2n) is 4.46. The van der Waals surface area contributed by atoms with Crippen LogP contribution in [-0.2, 0) is 0 Å². The lowest BCUT2D eigenvalue weighted by Crippen LogP contribution is -2.46. The van der Waals surface area contributed by atoms with Crippen LogP contribution in [0.25, 0.3) is 0 Å². The molecule has 2 rings (SSSR count). The van der Waals surface area contributed by atoms with Crippen molar-refractivity contribution in [3.8, 4) is 0 Å². The molecule has 0 N–H and O–H groups in total. The Morgan fingerprint density at radius 3 is 2.65 bits per heavy atom. The summed E-state index contributed by atoms with van der Waals surface area (Å²) < 4.78 is 0. The molecule has 1 aromatic carbocycles. The summed E-state index contributed by atoms with van der Waals surface area (Å²) in [7, 11) is 0. The average molecular weight is 251 g/mol. The lowest BCUT2D eigenvalue weighted by Gasteiger charge is -2.36. The minimum atomic E-state index is 0.857. The van der Waals surface area contributed by atoms with Crippen molar-refractivity contribution >= 4 is 17.3 Å². The highest BCUT2D eigenvalue weighted by Crippen LogP contribution is 2.27. The van der Waals surface area contributed by atoms with Gasteiger partial charge in [0.1, 0.15) is 0 Å². The highest BCUT2D eigenvalue weighted by molar-refractivity contribution is 6.31. The smallest absolute Gasteiger partial charge is 0.0455 e. The first-order valence-electron chi connectivity index (χ1n) is 6.05. The van der Waals surface area contributed by atoms with Gasteiger partial charge in [-0.3, -0.25) is 4.90 Å². The zero-order chi connectivity index (χ0) is 12.3. The zero-order valence-corrected chi connectivity index (χ0v) is 11.1. The molecule has 0 saturated carbocycles. The zero-order valence-electron chi connectivity index (χ0n) is 10.3. The van der Waals surface area contributed by atoms with Crippen molar-refractivity contribution in [3.05, 3.63) is 41.4 Å². The summed E-state index contributed by atoms with van der Waals surface area (Å²) in [5.41, 5.74) is 2.46. The van der Waals surface area contributed by atoms with E-state index in [9.17, 15) is 0 Å². The summed E-state index contributed by atoms with van der Waals surface area (Å²) in [4.78, 5) is 4.84. The maximum Gasteiger partial charge on any atom is 0.0455 e. The molecule has 1 aliphatic heterocycles. The Labute approximate surface area is 108 Å². The monoisotopic (exact) mass is 250 g/mol. The third kappa shape index (κ3) is 2.82. The molecule has 1 fully saturated rings. The summed E-state index contributed by atoms with van der Waals surface area (Å²) >= 11 is 6.16. The van der Waals surface area contributed by atoms with Crippen LogP contribution in [0.4, 0.5) is 5.69 Å². The van der Waals surface area contributed by atoms with Crippen molar-refractivity contribution in [1.82, 2.24) is 4.90 Å². The van der Waals surface area contributed by atoms with Gasteiger partial charge in [0, 0.05) is 43.4 Å². The SMILES string of the molecule is C=CCN1CCN(c2cccc(Cl)c2C)CC1. The fourth-order valence-electron chi connectivity index (χ4n) is 2.29. The van der Waals surface area contributed by atoms with Crippen LogP contribution in [0, 0.1) is 6.92 Å². The predicted octanol–water partition coefficient (Wildman–Crippen LogP) is 2.96. The van der Waals surface area contributed by atoms with Crippen molar-refractivity contribution < 1.29 is 0 Å². The van der Waals surface area contributed by atoms with Gasteiger partial charge < -0.3 is 4.90 Å². The number of hydrogen-bond acceptors (Lipinski definition) is 2. The Hall–Kier alpha value is -0.990. The Bertz CT molecular complexity index is 395. The maximum absolute atomic E-state index is 6.16. The topological polar surface area (TPSA) is 6.48 Å². The van der Waals surface area contributed by atoms with E-state index in [0.29, 0.717) is 0 Å². The van der Waals surface area contributed by atoms with Gasteiger partial charge in [-0.2, -0.15) is 0 Å². The van der Waals surface area contributed by atoms with Gasteiger partial charge in [-0.1, -0.05) is 23.7 Å². The van der Waals surface area contributed by atoms with E-state index in [4.69, 9.17) is 11.6 Å². The van der Waals surface area contributed by atoms with E-state index in [1.807, 2.05) is 18.2 Å². The summed E-state index contributed by atoms with van der Waals surface area (Å²) in [6, 6.07) is 6.14. The normalized spacial score (nSPS) is 17.2. The molecule has 0 unspecified atom stereocenters. The van der Waals surface area contributed by atoms with Gasteiger partial charge in [0.05, 0.1) is 0 Å². The van der Waals surface area contributed by atoms with Crippen LogP contribution < -0.4 is 4.90 Å². The third-order valence-corrected chi connectivity index (χ3v) is 3.75. The van der Waals surface area contributed by atoms with Gasteiger partial charge in [-0.15, -0.1) is 6.58 Å². The van der Waals surface area contributed by atoms with E-state index in [1.54, 1.807) is 0 Å². The van der Waals surface area contributed by atoms with E-state index in [0.717, 1.165) is 37.7 Å². The highest BCUT2D eigenvalue weighted by atomic mass is 35.5. The van der Waals surface area contributed by atoms with Crippen LogP contribution in [0.15, 0.2) is 30.9 Å². The molecular formula is C14H19ClN2. The Morgan fingerprint density at radius 2 is 2.00 bits per heavy atom. The van der Waals surface area contributed by atoms with Gasteiger partial charge in [0.2, 0.25) is 0 Å². The molecule has 0 bridgehead atoms. The van der Waals surface area contributed by atoms with Crippen molar-refractivity contribution in [2.24, 2.45) is 0 Å². The molecule has 1 heterocycles. The molecule has 3 heteroatoms. The number of rotatable bonds is 3. The van der Waals surface area contributed by atoms with E-state index < -0.39 is 0 Å². The van der Waals surface area contributed by atoms with Crippen LogP contribution in [0.1, 0.15) is 5.56 Å². The summed E-state index contributed by atoms with van der Waals surface area (Å²) in [6.07, 6.45) is 1.97. The number of anilines is 1. The summed E-state index contributed by atoms with van der Waals surface area (Å²) in [5.74, 6) is 0. The van der Waals surface area contributed by atoms with Gasteiger partial charge >= 0.3 is 0 Å². The first-order chi connectivity index (χ1) is 8.22. The highest BCUT2D eigenvalue weighted by Gasteiger charge is 2.17. The van der Waals surface area contributed by atoms with Crippen LogP contribution in [0.2, 0.25) is 5.02 Å². The number of nitrogens with zero attached hydrogens (tertiary/aromatic N) is 2. The predicted molar refractivity (Wildman–Crippen MR) is 75.0 cm³/mol. The molecule has 0 spiro atoms. The van der Waals surface area contributed by atoms with Gasteiger partial charge in [-0.05, 0) is 24.6 Å². The standard InChI is InChI=1S/C14H19ClN2/c1-3-7-16-8-10-17(11-9-16)14-6-4-5-13(15)12(14)2/h3-6H,1,7-11H2,2H3. The number of piperazine rings is 1. The number of halogens is 1.